The molecule has 4 nitrogen and oxygen atoms in total. The molecule has 0 aliphatic heterocycles. The largest absolute Gasteiger partial charge is 0.508 e. The fourth-order valence-electron chi connectivity index (χ4n) is 1.73. The van der Waals surface area contributed by atoms with E-state index in [4.69, 9.17) is 16.1 Å². The summed E-state index contributed by atoms with van der Waals surface area (Å²) < 4.78 is 18.9. The van der Waals surface area contributed by atoms with Gasteiger partial charge in [-0.3, -0.25) is 0 Å². The normalized spacial score (nSPS) is 10.7. The van der Waals surface area contributed by atoms with Crippen molar-refractivity contribution >= 4 is 11.6 Å². The Kier molecular flexibility index (Phi) is 3.12. The van der Waals surface area contributed by atoms with Crippen LogP contribution in [-0.4, -0.2) is 15.2 Å². The molecule has 6 heteroatoms. The third-order valence-corrected chi connectivity index (χ3v) is 3.03. The van der Waals surface area contributed by atoms with Crippen molar-refractivity contribution in [3.05, 3.63) is 53.3 Å². The van der Waals surface area contributed by atoms with Crippen LogP contribution in [0.4, 0.5) is 4.39 Å². The van der Waals surface area contributed by atoms with Gasteiger partial charge in [0.15, 0.2) is 5.82 Å². The Morgan fingerprint density at radius 2 is 1.85 bits per heavy atom. The Bertz CT molecular complexity index is 756. The number of aromatic hydroxyl groups is 1. The van der Waals surface area contributed by atoms with Crippen LogP contribution in [0.15, 0.2) is 47.0 Å². The molecule has 0 aliphatic rings. The van der Waals surface area contributed by atoms with Gasteiger partial charge in [-0.15, -0.1) is 0 Å². The minimum atomic E-state index is -0.602. The highest BCUT2D eigenvalue weighted by molar-refractivity contribution is 6.31. The average Bonchev–Trinajstić information content (AvgIpc) is 2.92. The molecule has 1 heterocycles. The summed E-state index contributed by atoms with van der Waals surface area (Å²) in [4.78, 5) is 4.12. The van der Waals surface area contributed by atoms with Gasteiger partial charge < -0.3 is 9.63 Å². The molecule has 20 heavy (non-hydrogen) atoms. The van der Waals surface area contributed by atoms with Crippen molar-refractivity contribution in [1.82, 2.24) is 10.1 Å². The maximum absolute atomic E-state index is 13.9. The number of nitrogens with zero attached hydrogens (tertiary/aromatic N) is 2. The molecule has 1 N–H and O–H groups in total. The van der Waals surface area contributed by atoms with E-state index in [1.54, 1.807) is 18.2 Å². The highest BCUT2D eigenvalue weighted by Gasteiger charge is 2.16. The lowest BCUT2D eigenvalue weighted by atomic mass is 10.2. The van der Waals surface area contributed by atoms with Gasteiger partial charge in [0, 0.05) is 5.56 Å². The third-order valence-electron chi connectivity index (χ3n) is 2.73. The Hall–Kier alpha value is -2.40. The van der Waals surface area contributed by atoms with Gasteiger partial charge in [-0.2, -0.15) is 4.98 Å². The molecule has 3 rings (SSSR count). The number of hydrogen-bond acceptors (Lipinski definition) is 4. The van der Waals surface area contributed by atoms with Crippen LogP contribution in [0.25, 0.3) is 22.8 Å². The van der Waals surface area contributed by atoms with Crippen molar-refractivity contribution in [3.63, 3.8) is 0 Å². The van der Waals surface area contributed by atoms with Gasteiger partial charge in [-0.05, 0) is 36.4 Å². The molecule has 3 aromatic rings. The second-order valence-electron chi connectivity index (χ2n) is 4.07. The summed E-state index contributed by atoms with van der Waals surface area (Å²) in [7, 11) is 0. The van der Waals surface area contributed by atoms with Crippen LogP contribution in [0.2, 0.25) is 5.02 Å². The van der Waals surface area contributed by atoms with Crippen molar-refractivity contribution in [2.24, 2.45) is 0 Å². The number of hydrogen-bond donors (Lipinski definition) is 1. The number of phenols is 1. The Morgan fingerprint density at radius 1 is 1.10 bits per heavy atom. The molecular formula is C14H8ClFN2O2. The molecule has 0 radical (unpaired) electrons. The maximum Gasteiger partial charge on any atom is 0.261 e. The van der Waals surface area contributed by atoms with E-state index >= 15 is 0 Å². The second kappa shape index (κ2) is 4.94. The lowest BCUT2D eigenvalue weighted by molar-refractivity contribution is 0.429. The SMILES string of the molecule is Oc1ccc(-c2noc(-c3cccc(Cl)c3F)n2)cc1. The highest BCUT2D eigenvalue weighted by atomic mass is 35.5. The van der Waals surface area contributed by atoms with Gasteiger partial charge >= 0.3 is 0 Å². The van der Waals surface area contributed by atoms with Crippen LogP contribution < -0.4 is 0 Å². The molecule has 0 saturated carbocycles. The van der Waals surface area contributed by atoms with Gasteiger partial charge in [-0.1, -0.05) is 22.8 Å². The Labute approximate surface area is 118 Å². The summed E-state index contributed by atoms with van der Waals surface area (Å²) in [6.07, 6.45) is 0. The van der Waals surface area contributed by atoms with Crippen LogP contribution in [0.5, 0.6) is 5.75 Å². The minimum absolute atomic E-state index is 0.00752. The van der Waals surface area contributed by atoms with E-state index in [2.05, 4.69) is 10.1 Å². The predicted octanol–water partition coefficient (Wildman–Crippen LogP) is 3.90. The summed E-state index contributed by atoms with van der Waals surface area (Å²) in [5.74, 6) is -0.110. The summed E-state index contributed by atoms with van der Waals surface area (Å²) >= 11 is 5.71. The van der Waals surface area contributed by atoms with Gasteiger partial charge in [0.05, 0.1) is 10.6 Å². The molecule has 0 unspecified atom stereocenters. The molecule has 0 amide bonds. The molecule has 2 aromatic carbocycles. The van der Waals surface area contributed by atoms with Gasteiger partial charge in [0.2, 0.25) is 5.82 Å². The molecular weight excluding hydrogens is 283 g/mol. The zero-order chi connectivity index (χ0) is 14.1. The molecule has 0 saturated heterocycles. The molecule has 0 aliphatic carbocycles. The van der Waals surface area contributed by atoms with E-state index in [0.717, 1.165) is 0 Å². The van der Waals surface area contributed by atoms with Crippen molar-refractivity contribution < 1.29 is 14.0 Å². The number of benzene rings is 2. The summed E-state index contributed by atoms with van der Waals surface area (Å²) in [6, 6.07) is 10.8. The van der Waals surface area contributed by atoms with Crippen LogP contribution in [0.3, 0.4) is 0 Å². The molecule has 100 valence electrons. The number of aromatic nitrogens is 2. The molecule has 0 atom stereocenters. The number of halogens is 2. The predicted molar refractivity (Wildman–Crippen MR) is 71.8 cm³/mol. The van der Waals surface area contributed by atoms with Crippen molar-refractivity contribution in [2.45, 2.75) is 0 Å². The van der Waals surface area contributed by atoms with Crippen molar-refractivity contribution in [3.8, 4) is 28.6 Å². The Morgan fingerprint density at radius 3 is 2.60 bits per heavy atom. The average molecular weight is 291 g/mol. The summed E-state index contributed by atoms with van der Waals surface area (Å²) in [6.45, 7) is 0. The van der Waals surface area contributed by atoms with Crippen LogP contribution in [-0.2, 0) is 0 Å². The van der Waals surface area contributed by atoms with Gasteiger partial charge in [0.1, 0.15) is 5.75 Å². The zero-order valence-electron chi connectivity index (χ0n) is 10.0. The zero-order valence-corrected chi connectivity index (χ0v) is 10.8. The smallest absolute Gasteiger partial charge is 0.261 e. The van der Waals surface area contributed by atoms with Gasteiger partial charge in [-0.25, -0.2) is 4.39 Å². The van der Waals surface area contributed by atoms with E-state index in [1.807, 2.05) is 0 Å². The third kappa shape index (κ3) is 2.23. The second-order valence-corrected chi connectivity index (χ2v) is 4.48. The topological polar surface area (TPSA) is 59.2 Å². The van der Waals surface area contributed by atoms with E-state index in [-0.39, 0.29) is 22.2 Å². The van der Waals surface area contributed by atoms with E-state index in [1.165, 1.54) is 24.3 Å². The van der Waals surface area contributed by atoms with E-state index in [0.29, 0.717) is 11.4 Å². The van der Waals surface area contributed by atoms with Crippen LogP contribution >= 0.6 is 11.6 Å². The van der Waals surface area contributed by atoms with Crippen LogP contribution in [0, 0.1) is 5.82 Å². The first-order chi connectivity index (χ1) is 9.65. The van der Waals surface area contributed by atoms with Gasteiger partial charge in [0.25, 0.3) is 5.89 Å². The number of rotatable bonds is 2. The van der Waals surface area contributed by atoms with E-state index < -0.39 is 5.82 Å². The highest BCUT2D eigenvalue weighted by Crippen LogP contribution is 2.28. The summed E-state index contributed by atoms with van der Waals surface area (Å²) in [5.41, 5.74) is 0.801. The van der Waals surface area contributed by atoms with Crippen molar-refractivity contribution in [1.29, 1.82) is 0 Å². The van der Waals surface area contributed by atoms with E-state index in [9.17, 15) is 9.50 Å². The Balaban J connectivity index is 2.02. The van der Waals surface area contributed by atoms with Crippen molar-refractivity contribution in [2.75, 3.05) is 0 Å². The first kappa shape index (κ1) is 12.6. The standard InChI is InChI=1S/C14H8ClFN2O2/c15-11-3-1-2-10(12(11)16)14-17-13(18-20-14)8-4-6-9(19)7-5-8/h1-7,19H. The molecule has 0 bridgehead atoms. The fourth-order valence-corrected chi connectivity index (χ4v) is 1.90. The first-order valence-electron chi connectivity index (χ1n) is 5.72. The molecule has 1 aromatic heterocycles. The quantitative estimate of drug-likeness (QED) is 0.777. The number of phenolic OH excluding ortho intramolecular Hbond substituents is 1. The lowest BCUT2D eigenvalue weighted by Gasteiger charge is -1.98. The lowest BCUT2D eigenvalue weighted by Crippen LogP contribution is -1.86. The minimum Gasteiger partial charge on any atom is -0.508 e. The fraction of sp³-hybridized carbons (Fsp3) is 0. The first-order valence-corrected chi connectivity index (χ1v) is 6.10. The monoisotopic (exact) mass is 290 g/mol. The molecule has 0 spiro atoms. The maximum atomic E-state index is 13.9. The molecule has 0 fully saturated rings. The summed E-state index contributed by atoms with van der Waals surface area (Å²) in [5, 5.41) is 13.0. The van der Waals surface area contributed by atoms with Crippen LogP contribution in [0.1, 0.15) is 0 Å².